The summed E-state index contributed by atoms with van der Waals surface area (Å²) in [5.74, 6) is 0.277. The van der Waals surface area contributed by atoms with Crippen LogP contribution in [0.1, 0.15) is 6.92 Å². The quantitative estimate of drug-likeness (QED) is 0.854. The third kappa shape index (κ3) is 2.30. The van der Waals surface area contributed by atoms with Gasteiger partial charge in [-0.25, -0.2) is 0 Å². The Balaban J connectivity index is 3.10. The van der Waals surface area contributed by atoms with Crippen molar-refractivity contribution < 1.29 is 9.53 Å². The minimum absolute atomic E-state index is 0.201. The maximum atomic E-state index is 10.8. The number of ether oxygens (including phenoxy) is 1. The van der Waals surface area contributed by atoms with E-state index in [4.69, 9.17) is 27.9 Å². The molecule has 0 bridgehead atoms. The molecule has 3 nitrogen and oxygen atoms in total. The molecule has 0 radical (unpaired) electrons. The van der Waals surface area contributed by atoms with E-state index in [2.05, 4.69) is 5.32 Å². The standard InChI is InChI=1S/C9H9Cl2NO2/c1-5(13)12-6-3-4-7(14-2)9(11)8(6)10/h3-4H,1-2H3,(H,12,13). The van der Waals surface area contributed by atoms with Crippen LogP contribution < -0.4 is 10.1 Å². The summed E-state index contributed by atoms with van der Waals surface area (Å²) >= 11 is 11.8. The maximum absolute atomic E-state index is 10.8. The van der Waals surface area contributed by atoms with Crippen LogP contribution in [0.15, 0.2) is 12.1 Å². The number of halogens is 2. The fourth-order valence-corrected chi connectivity index (χ4v) is 1.42. The third-order valence-corrected chi connectivity index (χ3v) is 2.44. The predicted octanol–water partition coefficient (Wildman–Crippen LogP) is 2.96. The normalized spacial score (nSPS) is 9.71. The molecule has 0 fully saturated rings. The van der Waals surface area contributed by atoms with Crippen molar-refractivity contribution >= 4 is 34.8 Å². The van der Waals surface area contributed by atoms with E-state index in [1.165, 1.54) is 14.0 Å². The Labute approximate surface area is 92.0 Å². The number of benzene rings is 1. The molecule has 0 heterocycles. The summed E-state index contributed by atoms with van der Waals surface area (Å²) in [7, 11) is 1.50. The second kappa shape index (κ2) is 4.53. The molecule has 14 heavy (non-hydrogen) atoms. The van der Waals surface area contributed by atoms with Gasteiger partial charge in [0.1, 0.15) is 10.8 Å². The molecule has 5 heteroatoms. The molecule has 0 aliphatic carbocycles. The number of rotatable bonds is 2. The van der Waals surface area contributed by atoms with Crippen LogP contribution in [-0.2, 0) is 4.79 Å². The molecule has 1 amide bonds. The van der Waals surface area contributed by atoms with Gasteiger partial charge >= 0.3 is 0 Å². The van der Waals surface area contributed by atoms with Crippen molar-refractivity contribution in [1.82, 2.24) is 0 Å². The number of carbonyl (C=O) groups is 1. The third-order valence-electron chi connectivity index (χ3n) is 1.58. The zero-order chi connectivity index (χ0) is 10.7. The number of amides is 1. The lowest BCUT2D eigenvalue weighted by Crippen LogP contribution is -2.06. The zero-order valence-corrected chi connectivity index (χ0v) is 9.24. The van der Waals surface area contributed by atoms with Crippen LogP contribution >= 0.6 is 23.2 Å². The molecule has 1 aromatic carbocycles. The smallest absolute Gasteiger partial charge is 0.221 e. The van der Waals surface area contributed by atoms with Gasteiger partial charge in [0.25, 0.3) is 0 Å². The molecule has 1 aromatic rings. The van der Waals surface area contributed by atoms with Crippen LogP contribution in [0.5, 0.6) is 5.75 Å². The van der Waals surface area contributed by atoms with Crippen LogP contribution in [-0.4, -0.2) is 13.0 Å². The monoisotopic (exact) mass is 233 g/mol. The van der Waals surface area contributed by atoms with E-state index in [-0.39, 0.29) is 10.9 Å². The number of carbonyl (C=O) groups excluding carboxylic acids is 1. The molecule has 0 atom stereocenters. The van der Waals surface area contributed by atoms with E-state index in [1.807, 2.05) is 0 Å². The molecule has 0 aromatic heterocycles. The molecule has 76 valence electrons. The molecule has 1 N–H and O–H groups in total. The predicted molar refractivity (Wildman–Crippen MR) is 57.3 cm³/mol. The summed E-state index contributed by atoms with van der Waals surface area (Å²) in [5, 5.41) is 3.13. The Morgan fingerprint density at radius 1 is 1.36 bits per heavy atom. The Bertz CT molecular complexity index is 366. The van der Waals surface area contributed by atoms with Gasteiger partial charge in [0.15, 0.2) is 0 Å². The Kier molecular flexibility index (Phi) is 3.61. The van der Waals surface area contributed by atoms with Gasteiger partial charge < -0.3 is 10.1 Å². The van der Waals surface area contributed by atoms with Gasteiger partial charge in [-0.05, 0) is 12.1 Å². The molecule has 0 spiro atoms. The number of hydrogen-bond acceptors (Lipinski definition) is 2. The van der Waals surface area contributed by atoms with E-state index in [9.17, 15) is 4.79 Å². The van der Waals surface area contributed by atoms with Crippen LogP contribution in [0.25, 0.3) is 0 Å². The molecular weight excluding hydrogens is 225 g/mol. The average molecular weight is 234 g/mol. The molecule has 0 saturated carbocycles. The first kappa shape index (κ1) is 11.1. The lowest BCUT2D eigenvalue weighted by atomic mass is 10.3. The van der Waals surface area contributed by atoms with Gasteiger partial charge in [-0.15, -0.1) is 0 Å². The van der Waals surface area contributed by atoms with Crippen LogP contribution in [0.3, 0.4) is 0 Å². The highest BCUT2D eigenvalue weighted by atomic mass is 35.5. The Morgan fingerprint density at radius 3 is 2.50 bits per heavy atom. The van der Waals surface area contributed by atoms with Crippen molar-refractivity contribution in [2.24, 2.45) is 0 Å². The summed E-state index contributed by atoms with van der Waals surface area (Å²) in [5.41, 5.74) is 0.477. The number of methoxy groups -OCH3 is 1. The highest BCUT2D eigenvalue weighted by Gasteiger charge is 2.10. The zero-order valence-electron chi connectivity index (χ0n) is 7.73. The van der Waals surface area contributed by atoms with Gasteiger partial charge in [-0.1, -0.05) is 23.2 Å². The van der Waals surface area contributed by atoms with E-state index >= 15 is 0 Å². The fraction of sp³-hybridized carbons (Fsp3) is 0.222. The van der Waals surface area contributed by atoms with Crippen molar-refractivity contribution in [2.45, 2.75) is 6.92 Å². The molecular formula is C9H9Cl2NO2. The van der Waals surface area contributed by atoms with Crippen molar-refractivity contribution in [1.29, 1.82) is 0 Å². The van der Waals surface area contributed by atoms with Crippen molar-refractivity contribution in [3.63, 3.8) is 0 Å². The van der Waals surface area contributed by atoms with Gasteiger partial charge in [-0.3, -0.25) is 4.79 Å². The van der Waals surface area contributed by atoms with Gasteiger partial charge in [0, 0.05) is 6.92 Å². The molecule has 0 aliphatic rings. The lowest BCUT2D eigenvalue weighted by molar-refractivity contribution is -0.114. The highest BCUT2D eigenvalue weighted by Crippen LogP contribution is 2.37. The Hall–Kier alpha value is -0.930. The Morgan fingerprint density at radius 2 is 2.00 bits per heavy atom. The van der Waals surface area contributed by atoms with Gasteiger partial charge in [0.2, 0.25) is 5.91 Å². The van der Waals surface area contributed by atoms with Gasteiger partial charge in [-0.2, -0.15) is 0 Å². The summed E-state index contributed by atoms with van der Waals surface area (Å²) in [4.78, 5) is 10.8. The molecule has 0 aliphatic heterocycles. The first-order valence-electron chi connectivity index (χ1n) is 3.86. The molecule has 0 saturated heterocycles. The van der Waals surface area contributed by atoms with Crippen LogP contribution in [0.2, 0.25) is 10.0 Å². The summed E-state index contributed by atoms with van der Waals surface area (Å²) < 4.78 is 4.96. The number of nitrogens with one attached hydrogen (secondary N) is 1. The fourth-order valence-electron chi connectivity index (χ4n) is 0.976. The van der Waals surface area contributed by atoms with Crippen molar-refractivity contribution in [3.8, 4) is 5.75 Å². The SMILES string of the molecule is COc1ccc(NC(C)=O)c(Cl)c1Cl. The second-order valence-corrected chi connectivity index (χ2v) is 3.38. The minimum atomic E-state index is -0.201. The lowest BCUT2D eigenvalue weighted by Gasteiger charge is -2.09. The van der Waals surface area contributed by atoms with E-state index in [0.29, 0.717) is 16.5 Å². The van der Waals surface area contributed by atoms with E-state index in [0.717, 1.165) is 0 Å². The molecule has 1 rings (SSSR count). The largest absolute Gasteiger partial charge is 0.495 e. The first-order chi connectivity index (χ1) is 6.56. The van der Waals surface area contributed by atoms with E-state index in [1.54, 1.807) is 12.1 Å². The van der Waals surface area contributed by atoms with E-state index < -0.39 is 0 Å². The topological polar surface area (TPSA) is 38.3 Å². The molecule has 0 unspecified atom stereocenters. The van der Waals surface area contributed by atoms with Crippen molar-refractivity contribution in [2.75, 3.05) is 12.4 Å². The summed E-state index contributed by atoms with van der Waals surface area (Å²) in [6, 6.07) is 3.27. The van der Waals surface area contributed by atoms with Gasteiger partial charge in [0.05, 0.1) is 17.8 Å². The first-order valence-corrected chi connectivity index (χ1v) is 4.61. The highest BCUT2D eigenvalue weighted by molar-refractivity contribution is 6.44. The van der Waals surface area contributed by atoms with Crippen LogP contribution in [0, 0.1) is 0 Å². The summed E-state index contributed by atoms with van der Waals surface area (Å²) in [6.45, 7) is 1.40. The average Bonchev–Trinajstić information content (AvgIpc) is 2.13. The second-order valence-electron chi connectivity index (χ2n) is 2.62. The minimum Gasteiger partial charge on any atom is -0.495 e. The summed E-state index contributed by atoms with van der Waals surface area (Å²) in [6.07, 6.45) is 0. The number of anilines is 1. The maximum Gasteiger partial charge on any atom is 0.221 e. The number of hydrogen-bond donors (Lipinski definition) is 1. The van der Waals surface area contributed by atoms with Crippen molar-refractivity contribution in [3.05, 3.63) is 22.2 Å². The van der Waals surface area contributed by atoms with Crippen LogP contribution in [0.4, 0.5) is 5.69 Å².